The lowest BCUT2D eigenvalue weighted by Crippen LogP contribution is -2.40. The molecule has 2 aromatic carbocycles. The molecule has 1 saturated heterocycles. The Morgan fingerprint density at radius 2 is 2.07 bits per heavy atom. The second-order valence-electron chi connectivity index (χ2n) is 7.41. The van der Waals surface area contributed by atoms with Crippen LogP contribution in [0.15, 0.2) is 52.9 Å². The first-order valence-electron chi connectivity index (χ1n) is 10.2. The number of carbonyl (C=O) groups excluding carboxylic acids is 1. The summed E-state index contributed by atoms with van der Waals surface area (Å²) in [5.74, 6) is 0.660. The molecule has 5 nitrogen and oxygen atoms in total. The van der Waals surface area contributed by atoms with Crippen LogP contribution in [0.4, 0.5) is 0 Å². The number of aromatic nitrogens is 1. The summed E-state index contributed by atoms with van der Waals surface area (Å²) in [5, 5.41) is 3.08. The molecule has 0 saturated carbocycles. The van der Waals surface area contributed by atoms with E-state index < -0.39 is 0 Å². The van der Waals surface area contributed by atoms with Crippen LogP contribution >= 0.6 is 0 Å². The van der Waals surface area contributed by atoms with Crippen molar-refractivity contribution in [2.24, 2.45) is 0 Å². The third-order valence-electron chi connectivity index (χ3n) is 5.57. The normalized spacial score (nSPS) is 17.2. The van der Waals surface area contributed by atoms with Gasteiger partial charge in [0.15, 0.2) is 11.5 Å². The summed E-state index contributed by atoms with van der Waals surface area (Å²) in [6, 6.07) is 16.3. The number of likely N-dealkylation sites (N-methyl/N-ethyl adjacent to an activating group) is 1. The molecule has 4 rings (SSSR count). The highest BCUT2D eigenvalue weighted by Gasteiger charge is 2.23. The average molecular weight is 377 g/mol. The molecule has 1 unspecified atom stereocenters. The van der Waals surface area contributed by atoms with E-state index in [1.807, 2.05) is 30.3 Å². The molecule has 1 aliphatic rings. The lowest BCUT2D eigenvalue weighted by Gasteiger charge is -2.22. The maximum Gasteiger partial charge on any atom is 0.251 e. The van der Waals surface area contributed by atoms with Crippen LogP contribution in [0.5, 0.6) is 0 Å². The molecule has 0 aliphatic carbocycles. The van der Waals surface area contributed by atoms with Crippen LogP contribution in [0.3, 0.4) is 0 Å². The number of amides is 1. The standard InChI is InChI=1S/C23H27N3O2/c1-2-26-14-6-9-19(26)16-24-23(27)18-11-12-20-21(15-18)28-22(25-20)13-10-17-7-4-3-5-8-17/h3-5,7-8,11-12,15,19H,2,6,9-10,13-14,16H2,1H3,(H,24,27). The van der Waals surface area contributed by atoms with Crippen molar-refractivity contribution in [2.75, 3.05) is 19.6 Å². The first kappa shape index (κ1) is 18.7. The number of oxazole rings is 1. The van der Waals surface area contributed by atoms with Gasteiger partial charge in [0, 0.05) is 24.6 Å². The van der Waals surface area contributed by atoms with Crippen LogP contribution in [-0.4, -0.2) is 41.5 Å². The largest absolute Gasteiger partial charge is 0.441 e. The molecule has 0 radical (unpaired) electrons. The summed E-state index contributed by atoms with van der Waals surface area (Å²) >= 11 is 0. The molecule has 1 amide bonds. The minimum absolute atomic E-state index is 0.0490. The van der Waals surface area contributed by atoms with E-state index in [1.165, 1.54) is 12.0 Å². The number of nitrogens with zero attached hydrogens (tertiary/aromatic N) is 2. The summed E-state index contributed by atoms with van der Waals surface area (Å²) < 4.78 is 5.89. The molecule has 28 heavy (non-hydrogen) atoms. The Labute approximate surface area is 165 Å². The Morgan fingerprint density at radius 3 is 2.89 bits per heavy atom. The van der Waals surface area contributed by atoms with Crippen LogP contribution in [0.2, 0.25) is 0 Å². The van der Waals surface area contributed by atoms with Crippen LogP contribution in [0.1, 0.15) is 41.6 Å². The van der Waals surface area contributed by atoms with Gasteiger partial charge >= 0.3 is 0 Å². The topological polar surface area (TPSA) is 58.4 Å². The summed E-state index contributed by atoms with van der Waals surface area (Å²) in [5.41, 5.74) is 3.36. The third kappa shape index (κ3) is 4.25. The van der Waals surface area contributed by atoms with Crippen molar-refractivity contribution < 1.29 is 9.21 Å². The molecule has 1 aromatic heterocycles. The lowest BCUT2D eigenvalue weighted by atomic mass is 10.1. The fraction of sp³-hybridized carbons (Fsp3) is 0.391. The van der Waals surface area contributed by atoms with Crippen LogP contribution in [-0.2, 0) is 12.8 Å². The van der Waals surface area contributed by atoms with Gasteiger partial charge in [0.05, 0.1) is 0 Å². The number of hydrogen-bond donors (Lipinski definition) is 1. The molecule has 1 atom stereocenters. The molecule has 3 aromatic rings. The van der Waals surface area contributed by atoms with Crippen molar-refractivity contribution in [3.63, 3.8) is 0 Å². The molecule has 5 heteroatoms. The fourth-order valence-corrected chi connectivity index (χ4v) is 3.97. The zero-order chi connectivity index (χ0) is 19.3. The number of aryl methyl sites for hydroxylation is 2. The molecule has 1 N–H and O–H groups in total. The Bertz CT molecular complexity index is 935. The second-order valence-corrected chi connectivity index (χ2v) is 7.41. The minimum atomic E-state index is -0.0490. The van der Waals surface area contributed by atoms with E-state index in [0.717, 1.165) is 37.9 Å². The summed E-state index contributed by atoms with van der Waals surface area (Å²) in [6.07, 6.45) is 4.00. The minimum Gasteiger partial charge on any atom is -0.441 e. The molecule has 146 valence electrons. The lowest BCUT2D eigenvalue weighted by molar-refractivity contribution is 0.0941. The maximum atomic E-state index is 12.6. The Morgan fingerprint density at radius 1 is 1.21 bits per heavy atom. The summed E-state index contributed by atoms with van der Waals surface area (Å²) in [4.78, 5) is 19.5. The van der Waals surface area contributed by atoms with Crippen LogP contribution < -0.4 is 5.32 Å². The number of likely N-dealkylation sites (tertiary alicyclic amines) is 1. The van der Waals surface area contributed by atoms with E-state index in [4.69, 9.17) is 4.42 Å². The monoisotopic (exact) mass is 377 g/mol. The van der Waals surface area contributed by atoms with Crippen LogP contribution in [0.25, 0.3) is 11.1 Å². The fourth-order valence-electron chi connectivity index (χ4n) is 3.97. The van der Waals surface area contributed by atoms with E-state index in [-0.39, 0.29) is 5.91 Å². The molecule has 2 heterocycles. The van der Waals surface area contributed by atoms with Gasteiger partial charge in [0.25, 0.3) is 5.91 Å². The first-order valence-corrected chi connectivity index (χ1v) is 10.2. The first-order chi connectivity index (χ1) is 13.7. The third-order valence-corrected chi connectivity index (χ3v) is 5.57. The molecule has 0 bridgehead atoms. The molecular formula is C23H27N3O2. The van der Waals surface area contributed by atoms with E-state index >= 15 is 0 Å². The number of nitrogens with one attached hydrogen (secondary N) is 1. The van der Waals surface area contributed by atoms with Gasteiger partial charge in [-0.05, 0) is 56.1 Å². The van der Waals surface area contributed by atoms with E-state index in [9.17, 15) is 4.79 Å². The van der Waals surface area contributed by atoms with E-state index in [1.54, 1.807) is 6.07 Å². The highest BCUT2D eigenvalue weighted by Crippen LogP contribution is 2.19. The maximum absolute atomic E-state index is 12.6. The highest BCUT2D eigenvalue weighted by molar-refractivity contribution is 5.97. The van der Waals surface area contributed by atoms with Gasteiger partial charge < -0.3 is 9.73 Å². The number of rotatable bonds is 7. The SMILES string of the molecule is CCN1CCCC1CNC(=O)c1ccc2nc(CCc3ccccc3)oc2c1. The number of fused-ring (bicyclic) bond motifs is 1. The van der Waals surface area contributed by atoms with Gasteiger partial charge in [-0.2, -0.15) is 0 Å². The zero-order valence-electron chi connectivity index (χ0n) is 16.4. The molecule has 0 spiro atoms. The molecule has 1 aliphatic heterocycles. The van der Waals surface area contributed by atoms with Crippen molar-refractivity contribution in [3.8, 4) is 0 Å². The van der Waals surface area contributed by atoms with Gasteiger partial charge in [-0.1, -0.05) is 37.3 Å². The van der Waals surface area contributed by atoms with E-state index in [2.05, 4.69) is 34.3 Å². The summed E-state index contributed by atoms with van der Waals surface area (Å²) in [6.45, 7) is 5.04. The van der Waals surface area contributed by atoms with Crippen molar-refractivity contribution in [1.29, 1.82) is 0 Å². The summed E-state index contributed by atoms with van der Waals surface area (Å²) in [7, 11) is 0. The van der Waals surface area contributed by atoms with Crippen LogP contribution in [0, 0.1) is 0 Å². The number of benzene rings is 2. The van der Waals surface area contributed by atoms with Gasteiger partial charge in [0.1, 0.15) is 5.52 Å². The van der Waals surface area contributed by atoms with Crippen molar-refractivity contribution >= 4 is 17.0 Å². The van der Waals surface area contributed by atoms with Crippen molar-refractivity contribution in [3.05, 3.63) is 65.5 Å². The Kier molecular flexibility index (Phi) is 5.72. The van der Waals surface area contributed by atoms with Gasteiger partial charge in [0.2, 0.25) is 0 Å². The van der Waals surface area contributed by atoms with Gasteiger partial charge in [-0.3, -0.25) is 9.69 Å². The molecular weight excluding hydrogens is 350 g/mol. The highest BCUT2D eigenvalue weighted by atomic mass is 16.3. The predicted molar refractivity (Wildman–Crippen MR) is 110 cm³/mol. The Balaban J connectivity index is 1.39. The van der Waals surface area contributed by atoms with Gasteiger partial charge in [-0.15, -0.1) is 0 Å². The van der Waals surface area contributed by atoms with E-state index in [0.29, 0.717) is 29.6 Å². The second kappa shape index (κ2) is 8.57. The number of carbonyl (C=O) groups is 1. The zero-order valence-corrected chi connectivity index (χ0v) is 16.4. The number of hydrogen-bond acceptors (Lipinski definition) is 4. The molecule has 1 fully saturated rings. The average Bonchev–Trinajstić information content (AvgIpc) is 3.36. The Hall–Kier alpha value is -2.66. The van der Waals surface area contributed by atoms with Gasteiger partial charge in [-0.25, -0.2) is 4.98 Å². The quantitative estimate of drug-likeness (QED) is 0.680. The smallest absolute Gasteiger partial charge is 0.251 e. The van der Waals surface area contributed by atoms with Crippen molar-refractivity contribution in [1.82, 2.24) is 15.2 Å². The van der Waals surface area contributed by atoms with Crippen molar-refractivity contribution in [2.45, 2.75) is 38.6 Å². The predicted octanol–water partition coefficient (Wildman–Crippen LogP) is 3.83.